The van der Waals surface area contributed by atoms with Gasteiger partial charge < -0.3 is 15.4 Å². The van der Waals surface area contributed by atoms with Crippen LogP contribution >= 0.6 is 15.9 Å². The van der Waals surface area contributed by atoms with Crippen molar-refractivity contribution in [3.05, 3.63) is 45.9 Å². The zero-order chi connectivity index (χ0) is 15.1. The molecule has 1 amide bonds. The van der Waals surface area contributed by atoms with Crippen molar-refractivity contribution in [2.75, 3.05) is 7.05 Å². The lowest BCUT2D eigenvalue weighted by molar-refractivity contribution is 0.0697. The number of nitrogens with one attached hydrogen (secondary N) is 2. The number of H-pyrrole nitrogens is 1. The highest BCUT2D eigenvalue weighted by Crippen LogP contribution is 2.32. The van der Waals surface area contributed by atoms with Crippen LogP contribution in [-0.4, -0.2) is 29.0 Å². The van der Waals surface area contributed by atoms with E-state index in [4.69, 9.17) is 5.11 Å². The Kier molecular flexibility index (Phi) is 3.17. The summed E-state index contributed by atoms with van der Waals surface area (Å²) in [5.41, 5.74) is 2.25. The first-order valence-corrected chi connectivity index (χ1v) is 7.01. The molecule has 6 heteroatoms. The maximum Gasteiger partial charge on any atom is 0.335 e. The Hall–Kier alpha value is -2.34. The predicted octanol–water partition coefficient (Wildman–Crippen LogP) is 3.14. The van der Waals surface area contributed by atoms with Gasteiger partial charge in [0.2, 0.25) is 0 Å². The number of aromatic amines is 1. The molecule has 0 bridgehead atoms. The second-order valence-electron chi connectivity index (χ2n) is 4.65. The van der Waals surface area contributed by atoms with Gasteiger partial charge in [0.05, 0.1) is 11.1 Å². The van der Waals surface area contributed by atoms with Crippen molar-refractivity contribution in [3.63, 3.8) is 0 Å². The van der Waals surface area contributed by atoms with Gasteiger partial charge in [-0.3, -0.25) is 4.79 Å². The van der Waals surface area contributed by atoms with Crippen molar-refractivity contribution < 1.29 is 14.7 Å². The molecule has 21 heavy (non-hydrogen) atoms. The van der Waals surface area contributed by atoms with Crippen molar-refractivity contribution in [2.24, 2.45) is 0 Å². The third kappa shape index (κ3) is 2.17. The van der Waals surface area contributed by atoms with E-state index in [9.17, 15) is 9.59 Å². The number of aromatic carboxylic acids is 1. The molecule has 0 fully saturated rings. The van der Waals surface area contributed by atoms with Crippen molar-refractivity contribution >= 4 is 49.6 Å². The number of carboxylic acids is 1. The zero-order valence-electron chi connectivity index (χ0n) is 11.0. The average molecular weight is 347 g/mol. The molecule has 1 aromatic heterocycles. The first-order valence-electron chi connectivity index (χ1n) is 6.21. The van der Waals surface area contributed by atoms with E-state index in [1.54, 1.807) is 25.2 Å². The summed E-state index contributed by atoms with van der Waals surface area (Å²) in [7, 11) is 1.56. The Morgan fingerprint density at radius 1 is 1.19 bits per heavy atom. The van der Waals surface area contributed by atoms with Gasteiger partial charge in [-0.05, 0) is 30.3 Å². The van der Waals surface area contributed by atoms with Crippen molar-refractivity contribution in [1.82, 2.24) is 10.3 Å². The highest BCUT2D eigenvalue weighted by Gasteiger charge is 2.16. The van der Waals surface area contributed by atoms with E-state index in [2.05, 4.69) is 26.2 Å². The number of aromatic nitrogens is 1. The summed E-state index contributed by atoms with van der Waals surface area (Å²) in [6, 6.07) is 8.41. The largest absolute Gasteiger partial charge is 0.478 e. The zero-order valence-corrected chi connectivity index (χ0v) is 12.6. The third-order valence-electron chi connectivity index (χ3n) is 3.38. The molecule has 5 nitrogen and oxygen atoms in total. The first kappa shape index (κ1) is 13.6. The van der Waals surface area contributed by atoms with Gasteiger partial charge >= 0.3 is 5.97 Å². The molecule has 0 atom stereocenters. The third-order valence-corrected chi connectivity index (χ3v) is 3.84. The Morgan fingerprint density at radius 2 is 1.95 bits per heavy atom. The Balaban J connectivity index is 2.45. The van der Waals surface area contributed by atoms with Crippen LogP contribution in [0, 0.1) is 0 Å². The van der Waals surface area contributed by atoms with Crippen molar-refractivity contribution in [2.45, 2.75) is 0 Å². The summed E-state index contributed by atoms with van der Waals surface area (Å²) in [5, 5.41) is 13.2. The van der Waals surface area contributed by atoms with E-state index in [-0.39, 0.29) is 11.5 Å². The van der Waals surface area contributed by atoms with Gasteiger partial charge in [-0.15, -0.1) is 0 Å². The van der Waals surface area contributed by atoms with Crippen LogP contribution in [0.5, 0.6) is 0 Å². The van der Waals surface area contributed by atoms with Crippen molar-refractivity contribution in [3.8, 4) is 0 Å². The Morgan fingerprint density at radius 3 is 2.62 bits per heavy atom. The molecule has 3 aromatic rings. The standard InChI is InChI=1S/C15H11BrN2O3/c1-17-14(19)10-5-8(16)6-12-13(10)9-4-7(15(20)21)2-3-11(9)18-12/h2-6,18H,1H3,(H,17,19)(H,20,21). The number of benzene rings is 2. The van der Waals surface area contributed by atoms with Gasteiger partial charge in [-0.25, -0.2) is 4.79 Å². The molecule has 3 N–H and O–H groups in total. The number of halogens is 1. The maximum absolute atomic E-state index is 12.1. The lowest BCUT2D eigenvalue weighted by Crippen LogP contribution is -2.18. The fraction of sp³-hybridized carbons (Fsp3) is 0.0667. The molecule has 3 rings (SSSR count). The molecule has 0 unspecified atom stereocenters. The first-order chi connectivity index (χ1) is 10.0. The van der Waals surface area contributed by atoms with E-state index >= 15 is 0 Å². The second kappa shape index (κ2) is 4.89. The summed E-state index contributed by atoms with van der Waals surface area (Å²) in [6.07, 6.45) is 0. The van der Waals surface area contributed by atoms with E-state index < -0.39 is 5.97 Å². The van der Waals surface area contributed by atoms with Crippen LogP contribution in [0.15, 0.2) is 34.8 Å². The fourth-order valence-corrected chi connectivity index (χ4v) is 2.91. The maximum atomic E-state index is 12.1. The molecule has 0 aliphatic carbocycles. The number of hydrogen-bond acceptors (Lipinski definition) is 2. The normalized spacial score (nSPS) is 11.0. The van der Waals surface area contributed by atoms with Crippen LogP contribution in [0.1, 0.15) is 20.7 Å². The highest BCUT2D eigenvalue weighted by atomic mass is 79.9. The van der Waals surface area contributed by atoms with E-state index in [1.807, 2.05) is 6.07 Å². The molecular formula is C15H11BrN2O3. The molecule has 0 radical (unpaired) electrons. The minimum atomic E-state index is -0.996. The van der Waals surface area contributed by atoms with Crippen LogP contribution < -0.4 is 5.32 Å². The van der Waals surface area contributed by atoms with Gasteiger partial charge in [-0.1, -0.05) is 15.9 Å². The molecule has 0 aliphatic rings. The van der Waals surface area contributed by atoms with Crippen molar-refractivity contribution in [1.29, 1.82) is 0 Å². The van der Waals surface area contributed by atoms with Gasteiger partial charge in [-0.2, -0.15) is 0 Å². The summed E-state index contributed by atoms with van der Waals surface area (Å²) in [6.45, 7) is 0. The minimum Gasteiger partial charge on any atom is -0.478 e. The van der Waals surface area contributed by atoms with Crippen LogP contribution in [0.2, 0.25) is 0 Å². The predicted molar refractivity (Wildman–Crippen MR) is 83.9 cm³/mol. The molecule has 106 valence electrons. The fourth-order valence-electron chi connectivity index (χ4n) is 2.45. The average Bonchev–Trinajstić information content (AvgIpc) is 2.82. The smallest absolute Gasteiger partial charge is 0.335 e. The molecule has 0 saturated carbocycles. The highest BCUT2D eigenvalue weighted by molar-refractivity contribution is 9.10. The number of carbonyl (C=O) groups is 2. The number of carbonyl (C=O) groups excluding carboxylic acids is 1. The van der Waals surface area contributed by atoms with E-state index in [0.717, 1.165) is 26.3 Å². The minimum absolute atomic E-state index is 0.189. The lowest BCUT2D eigenvalue weighted by Gasteiger charge is -2.04. The van der Waals surface area contributed by atoms with E-state index in [0.29, 0.717) is 5.56 Å². The van der Waals surface area contributed by atoms with Gasteiger partial charge in [0.25, 0.3) is 5.91 Å². The number of fused-ring (bicyclic) bond motifs is 3. The van der Waals surface area contributed by atoms with Crippen LogP contribution in [0.25, 0.3) is 21.8 Å². The van der Waals surface area contributed by atoms with Gasteiger partial charge in [0.1, 0.15) is 0 Å². The van der Waals surface area contributed by atoms with Crippen LogP contribution in [0.4, 0.5) is 0 Å². The second-order valence-corrected chi connectivity index (χ2v) is 5.56. The molecule has 2 aromatic carbocycles. The Bertz CT molecular complexity index is 899. The Labute approximate surface area is 128 Å². The number of carboxylic acid groups (broad SMARTS) is 1. The SMILES string of the molecule is CNC(=O)c1cc(Br)cc2[nH]c3ccc(C(=O)O)cc3c12. The molecule has 0 spiro atoms. The quantitative estimate of drug-likeness (QED) is 0.666. The summed E-state index contributed by atoms with van der Waals surface area (Å²) in [4.78, 5) is 26.4. The molecule has 0 saturated heterocycles. The monoisotopic (exact) mass is 346 g/mol. The van der Waals surface area contributed by atoms with E-state index in [1.165, 1.54) is 6.07 Å². The molecule has 0 aliphatic heterocycles. The van der Waals surface area contributed by atoms with Crippen LogP contribution in [-0.2, 0) is 0 Å². The van der Waals surface area contributed by atoms with Gasteiger partial charge in [0, 0.05) is 33.3 Å². The van der Waals surface area contributed by atoms with Crippen LogP contribution in [0.3, 0.4) is 0 Å². The number of rotatable bonds is 2. The summed E-state index contributed by atoms with van der Waals surface area (Å²) < 4.78 is 0.776. The summed E-state index contributed by atoms with van der Waals surface area (Å²) >= 11 is 3.38. The summed E-state index contributed by atoms with van der Waals surface area (Å²) in [5.74, 6) is -1.22. The number of hydrogen-bond donors (Lipinski definition) is 3. The number of amides is 1. The molecular weight excluding hydrogens is 336 g/mol. The van der Waals surface area contributed by atoms with Gasteiger partial charge in [0.15, 0.2) is 0 Å². The molecule has 1 heterocycles. The lowest BCUT2D eigenvalue weighted by atomic mass is 10.0. The topological polar surface area (TPSA) is 82.2 Å².